The minimum atomic E-state index is -0.598. The number of pyridine rings is 1. The van der Waals surface area contributed by atoms with E-state index in [-0.39, 0.29) is 17.1 Å². The molecule has 0 radical (unpaired) electrons. The maximum atomic E-state index is 13.7. The van der Waals surface area contributed by atoms with Crippen LogP contribution in [0.15, 0.2) is 63.9 Å². The predicted octanol–water partition coefficient (Wildman–Crippen LogP) is 5.17. The Labute approximate surface area is 180 Å². The molecule has 2 aromatic heterocycles. The molecule has 1 atom stereocenters. The Morgan fingerprint density at radius 1 is 0.871 bits per heavy atom. The van der Waals surface area contributed by atoms with E-state index in [1.165, 1.54) is 0 Å². The number of aromatic nitrogens is 1. The molecule has 0 fully saturated rings. The van der Waals surface area contributed by atoms with Crippen LogP contribution in [-0.2, 0) is 0 Å². The van der Waals surface area contributed by atoms with Crippen molar-refractivity contribution in [2.45, 2.75) is 33.7 Å². The molecule has 0 N–H and O–H groups in total. The molecule has 31 heavy (non-hydrogen) atoms. The molecule has 5 nitrogen and oxygen atoms in total. The number of nitrogens with zero attached hydrogens (tertiary/aromatic N) is 2. The fourth-order valence-corrected chi connectivity index (χ4v) is 4.18. The Morgan fingerprint density at radius 3 is 2.29 bits per heavy atom. The monoisotopic (exact) mass is 410 g/mol. The molecule has 0 saturated heterocycles. The molecule has 2 aromatic carbocycles. The molecule has 0 aliphatic carbocycles. The quantitative estimate of drug-likeness (QED) is 0.457. The molecule has 1 amide bonds. The number of rotatable bonds is 2. The molecule has 1 aliphatic rings. The van der Waals surface area contributed by atoms with Crippen LogP contribution in [0.5, 0.6) is 0 Å². The lowest BCUT2D eigenvalue weighted by Crippen LogP contribution is -2.30. The zero-order chi connectivity index (χ0) is 21.9. The third-order valence-electron chi connectivity index (χ3n) is 6.03. The summed E-state index contributed by atoms with van der Waals surface area (Å²) in [6.45, 7) is 7.88. The number of benzene rings is 2. The maximum Gasteiger partial charge on any atom is 0.296 e. The van der Waals surface area contributed by atoms with Crippen molar-refractivity contribution in [3.8, 4) is 0 Å². The standard InChI is InChI=1S/C26H22N2O3/c1-14-5-7-18(8-6-14)23-22-24(29)19-12-16(3)17(4)13-20(19)31-25(22)26(30)28(23)21-11-15(2)9-10-27-21/h5-13,23H,1-4H3/t23-/m1/s1. The highest BCUT2D eigenvalue weighted by atomic mass is 16.3. The first-order valence-corrected chi connectivity index (χ1v) is 10.3. The van der Waals surface area contributed by atoms with Crippen LogP contribution in [0, 0.1) is 27.7 Å². The molecule has 154 valence electrons. The van der Waals surface area contributed by atoms with E-state index in [2.05, 4.69) is 4.98 Å². The lowest BCUT2D eigenvalue weighted by Gasteiger charge is -2.24. The summed E-state index contributed by atoms with van der Waals surface area (Å²) in [6.07, 6.45) is 1.67. The Hall–Kier alpha value is -3.73. The van der Waals surface area contributed by atoms with Gasteiger partial charge in [0.1, 0.15) is 11.4 Å². The minimum Gasteiger partial charge on any atom is -0.450 e. The molecule has 0 spiro atoms. The van der Waals surface area contributed by atoms with E-state index in [0.717, 1.165) is 27.8 Å². The van der Waals surface area contributed by atoms with E-state index in [1.54, 1.807) is 11.1 Å². The molecular weight excluding hydrogens is 388 g/mol. The molecule has 4 aromatic rings. The Bertz CT molecular complexity index is 1420. The lowest BCUT2D eigenvalue weighted by atomic mass is 9.97. The third kappa shape index (κ3) is 2.96. The average Bonchev–Trinajstić information content (AvgIpc) is 3.03. The first kappa shape index (κ1) is 19.2. The highest BCUT2D eigenvalue weighted by Gasteiger charge is 2.44. The van der Waals surface area contributed by atoms with Crippen LogP contribution in [0.4, 0.5) is 5.82 Å². The number of amides is 1. The maximum absolute atomic E-state index is 13.7. The van der Waals surface area contributed by atoms with Crippen molar-refractivity contribution in [3.63, 3.8) is 0 Å². The second kappa shape index (κ2) is 6.91. The molecule has 5 rings (SSSR count). The number of fused-ring (bicyclic) bond motifs is 2. The number of aryl methyl sites for hydroxylation is 4. The minimum absolute atomic E-state index is 0.0923. The van der Waals surface area contributed by atoms with Crippen LogP contribution in [-0.4, -0.2) is 10.9 Å². The molecule has 3 heterocycles. The van der Waals surface area contributed by atoms with Crippen LogP contribution >= 0.6 is 0 Å². The van der Waals surface area contributed by atoms with Gasteiger partial charge in [0, 0.05) is 6.20 Å². The summed E-state index contributed by atoms with van der Waals surface area (Å²) in [4.78, 5) is 33.2. The van der Waals surface area contributed by atoms with Crippen LogP contribution in [0.3, 0.4) is 0 Å². The van der Waals surface area contributed by atoms with Crippen molar-refractivity contribution in [1.82, 2.24) is 4.98 Å². The number of hydrogen-bond acceptors (Lipinski definition) is 4. The summed E-state index contributed by atoms with van der Waals surface area (Å²) in [5.74, 6) is 0.239. The summed E-state index contributed by atoms with van der Waals surface area (Å²) < 4.78 is 6.07. The van der Waals surface area contributed by atoms with E-state index >= 15 is 0 Å². The van der Waals surface area contributed by atoms with Gasteiger partial charge in [-0.25, -0.2) is 4.98 Å². The van der Waals surface area contributed by atoms with Gasteiger partial charge in [0.2, 0.25) is 5.76 Å². The Kier molecular flexibility index (Phi) is 4.29. The van der Waals surface area contributed by atoms with Gasteiger partial charge in [-0.05, 0) is 74.2 Å². The van der Waals surface area contributed by atoms with Gasteiger partial charge in [0.05, 0.1) is 17.0 Å². The van der Waals surface area contributed by atoms with E-state index in [0.29, 0.717) is 22.4 Å². The normalized spacial score (nSPS) is 15.5. The van der Waals surface area contributed by atoms with Gasteiger partial charge >= 0.3 is 0 Å². The zero-order valence-electron chi connectivity index (χ0n) is 17.9. The molecule has 0 saturated carbocycles. The van der Waals surface area contributed by atoms with Gasteiger partial charge in [0.15, 0.2) is 5.43 Å². The number of hydrogen-bond donors (Lipinski definition) is 0. The SMILES string of the molecule is Cc1ccc([C@@H]2c3c(oc4cc(C)c(C)cc4c3=O)C(=O)N2c2cc(C)ccn2)cc1. The summed E-state index contributed by atoms with van der Waals surface area (Å²) in [5.41, 5.74) is 5.57. The van der Waals surface area contributed by atoms with Crippen LogP contribution in [0.1, 0.15) is 50.0 Å². The van der Waals surface area contributed by atoms with Crippen molar-refractivity contribution in [3.05, 3.63) is 104 Å². The summed E-state index contributed by atoms with van der Waals surface area (Å²) in [6, 6.07) is 14.7. The Morgan fingerprint density at radius 2 is 1.58 bits per heavy atom. The molecular formula is C26H22N2O3. The smallest absolute Gasteiger partial charge is 0.296 e. The number of carbonyl (C=O) groups is 1. The summed E-state index contributed by atoms with van der Waals surface area (Å²) >= 11 is 0. The fraction of sp³-hybridized carbons (Fsp3) is 0.192. The average molecular weight is 410 g/mol. The number of carbonyl (C=O) groups excluding carboxylic acids is 1. The topological polar surface area (TPSA) is 63.4 Å². The molecule has 0 unspecified atom stereocenters. The number of anilines is 1. The molecule has 5 heteroatoms. The van der Waals surface area contributed by atoms with Gasteiger partial charge in [-0.3, -0.25) is 14.5 Å². The van der Waals surface area contributed by atoms with Crippen LogP contribution in [0.25, 0.3) is 11.0 Å². The van der Waals surface area contributed by atoms with Crippen LogP contribution < -0.4 is 10.3 Å². The van der Waals surface area contributed by atoms with E-state index in [9.17, 15) is 9.59 Å². The van der Waals surface area contributed by atoms with Crippen molar-refractivity contribution in [2.75, 3.05) is 4.90 Å². The van der Waals surface area contributed by atoms with Crippen molar-refractivity contribution >= 4 is 22.7 Å². The van der Waals surface area contributed by atoms with Crippen molar-refractivity contribution < 1.29 is 9.21 Å². The molecule has 0 bridgehead atoms. The third-order valence-corrected chi connectivity index (χ3v) is 6.03. The zero-order valence-corrected chi connectivity index (χ0v) is 17.9. The second-order valence-corrected chi connectivity index (χ2v) is 8.29. The fourth-order valence-electron chi connectivity index (χ4n) is 4.18. The first-order valence-electron chi connectivity index (χ1n) is 10.3. The highest BCUT2D eigenvalue weighted by molar-refractivity contribution is 6.10. The Balaban J connectivity index is 1.83. The van der Waals surface area contributed by atoms with Gasteiger partial charge in [-0.15, -0.1) is 0 Å². The summed E-state index contributed by atoms with van der Waals surface area (Å²) in [7, 11) is 0. The van der Waals surface area contributed by atoms with Gasteiger partial charge in [-0.2, -0.15) is 0 Å². The second-order valence-electron chi connectivity index (χ2n) is 8.29. The van der Waals surface area contributed by atoms with Crippen LogP contribution in [0.2, 0.25) is 0 Å². The lowest BCUT2D eigenvalue weighted by molar-refractivity contribution is 0.0970. The van der Waals surface area contributed by atoms with Gasteiger partial charge in [0.25, 0.3) is 5.91 Å². The first-order chi connectivity index (χ1) is 14.8. The molecule has 1 aliphatic heterocycles. The van der Waals surface area contributed by atoms with Gasteiger partial charge < -0.3 is 4.42 Å². The largest absolute Gasteiger partial charge is 0.450 e. The summed E-state index contributed by atoms with van der Waals surface area (Å²) in [5, 5.41) is 0.491. The highest BCUT2D eigenvalue weighted by Crippen LogP contribution is 2.40. The van der Waals surface area contributed by atoms with Gasteiger partial charge in [-0.1, -0.05) is 29.8 Å². The van der Waals surface area contributed by atoms with Crippen molar-refractivity contribution in [2.24, 2.45) is 0 Å². The van der Waals surface area contributed by atoms with E-state index < -0.39 is 6.04 Å². The predicted molar refractivity (Wildman–Crippen MR) is 121 cm³/mol. The van der Waals surface area contributed by atoms with E-state index in [1.807, 2.05) is 76.2 Å². The van der Waals surface area contributed by atoms with E-state index in [4.69, 9.17) is 4.42 Å². The van der Waals surface area contributed by atoms with Crippen molar-refractivity contribution in [1.29, 1.82) is 0 Å².